The first-order valence-electron chi connectivity index (χ1n) is 12.4. The molecule has 3 rings (SSSR count). The molecular weight excluding hydrogens is 444 g/mol. The molecule has 5 nitrogen and oxygen atoms in total. The standard InChI is InChI=1S/C28H40N2O3S/c1-21(19-28(2,3)4)18-25(31)29(14-9-16-33-5)20-26(32)30-15-12-24-23(13-17-34-24)27(30)22-10-7-6-8-11-22/h6-8,10-11,13,17,21,27H,9,12,14-16,18-20H2,1-5H3. The number of ether oxygens (including phenoxy) is 1. The van der Waals surface area contributed by atoms with E-state index >= 15 is 0 Å². The van der Waals surface area contributed by atoms with E-state index in [1.807, 2.05) is 23.1 Å². The van der Waals surface area contributed by atoms with Crippen LogP contribution in [0.5, 0.6) is 0 Å². The lowest BCUT2D eigenvalue weighted by molar-refractivity contribution is -0.142. The van der Waals surface area contributed by atoms with Gasteiger partial charge in [-0.1, -0.05) is 58.0 Å². The fourth-order valence-corrected chi connectivity index (χ4v) is 5.97. The zero-order chi connectivity index (χ0) is 24.7. The summed E-state index contributed by atoms with van der Waals surface area (Å²) >= 11 is 1.76. The van der Waals surface area contributed by atoms with Crippen LogP contribution in [0.3, 0.4) is 0 Å². The van der Waals surface area contributed by atoms with Crippen LogP contribution in [-0.2, 0) is 20.7 Å². The van der Waals surface area contributed by atoms with Gasteiger partial charge in [-0.2, -0.15) is 0 Å². The van der Waals surface area contributed by atoms with Crippen molar-refractivity contribution in [3.05, 3.63) is 57.8 Å². The highest BCUT2D eigenvalue weighted by molar-refractivity contribution is 7.10. The highest BCUT2D eigenvalue weighted by Crippen LogP contribution is 2.37. The molecule has 2 amide bonds. The molecule has 1 aliphatic heterocycles. The summed E-state index contributed by atoms with van der Waals surface area (Å²) in [5.41, 5.74) is 2.50. The van der Waals surface area contributed by atoms with Gasteiger partial charge in [0.15, 0.2) is 0 Å². The van der Waals surface area contributed by atoms with Gasteiger partial charge in [0.2, 0.25) is 11.8 Å². The fourth-order valence-electron chi connectivity index (χ4n) is 5.07. The van der Waals surface area contributed by atoms with Gasteiger partial charge >= 0.3 is 0 Å². The van der Waals surface area contributed by atoms with Gasteiger partial charge in [0.1, 0.15) is 0 Å². The first-order chi connectivity index (χ1) is 16.2. The molecule has 2 heterocycles. The summed E-state index contributed by atoms with van der Waals surface area (Å²) in [5.74, 6) is 0.346. The van der Waals surface area contributed by atoms with Crippen molar-refractivity contribution >= 4 is 23.2 Å². The third-order valence-electron chi connectivity index (χ3n) is 6.34. The third kappa shape index (κ3) is 7.16. The smallest absolute Gasteiger partial charge is 0.242 e. The molecule has 0 saturated carbocycles. The van der Waals surface area contributed by atoms with Gasteiger partial charge in [0.05, 0.1) is 12.6 Å². The van der Waals surface area contributed by atoms with Gasteiger partial charge in [-0.05, 0) is 53.2 Å². The average molecular weight is 485 g/mol. The predicted octanol–water partition coefficient (Wildman–Crippen LogP) is 5.55. The van der Waals surface area contributed by atoms with Crippen molar-refractivity contribution in [1.29, 1.82) is 0 Å². The second-order valence-corrected chi connectivity index (χ2v) is 11.7. The molecule has 2 unspecified atom stereocenters. The zero-order valence-electron chi connectivity index (χ0n) is 21.4. The van der Waals surface area contributed by atoms with Gasteiger partial charge in [-0.15, -0.1) is 11.3 Å². The van der Waals surface area contributed by atoms with Gasteiger partial charge in [-0.3, -0.25) is 9.59 Å². The second-order valence-electron chi connectivity index (χ2n) is 10.7. The Morgan fingerprint density at radius 1 is 1.21 bits per heavy atom. The first kappa shape index (κ1) is 26.4. The Balaban J connectivity index is 1.77. The second kappa shape index (κ2) is 12.0. The van der Waals surface area contributed by atoms with Crippen LogP contribution in [0, 0.1) is 11.3 Å². The molecule has 0 bridgehead atoms. The van der Waals surface area contributed by atoms with Crippen LogP contribution in [0.15, 0.2) is 41.8 Å². The molecule has 0 aliphatic carbocycles. The van der Waals surface area contributed by atoms with Crippen LogP contribution in [0.2, 0.25) is 0 Å². The van der Waals surface area contributed by atoms with E-state index in [-0.39, 0.29) is 35.7 Å². The Morgan fingerprint density at radius 3 is 2.62 bits per heavy atom. The number of carbonyl (C=O) groups is 2. The average Bonchev–Trinajstić information content (AvgIpc) is 3.25. The lowest BCUT2D eigenvalue weighted by Gasteiger charge is -2.37. The number of methoxy groups -OCH3 is 1. The molecule has 0 saturated heterocycles. The molecule has 2 aromatic rings. The maximum Gasteiger partial charge on any atom is 0.242 e. The van der Waals surface area contributed by atoms with Crippen molar-refractivity contribution in [3.63, 3.8) is 0 Å². The largest absolute Gasteiger partial charge is 0.385 e. The van der Waals surface area contributed by atoms with Crippen LogP contribution in [-0.4, -0.2) is 55.0 Å². The SMILES string of the molecule is COCCCN(CC(=O)N1CCc2sccc2C1c1ccccc1)C(=O)CC(C)CC(C)(C)C. The van der Waals surface area contributed by atoms with Crippen LogP contribution >= 0.6 is 11.3 Å². The first-order valence-corrected chi connectivity index (χ1v) is 13.2. The predicted molar refractivity (Wildman–Crippen MR) is 139 cm³/mol. The number of hydrogen-bond donors (Lipinski definition) is 0. The Morgan fingerprint density at radius 2 is 1.94 bits per heavy atom. The summed E-state index contributed by atoms with van der Waals surface area (Å²) in [6, 6.07) is 12.3. The van der Waals surface area contributed by atoms with E-state index in [2.05, 4.69) is 51.3 Å². The van der Waals surface area contributed by atoms with E-state index in [0.717, 1.165) is 24.8 Å². The Hall–Kier alpha value is -2.18. The molecule has 34 heavy (non-hydrogen) atoms. The number of benzene rings is 1. The summed E-state index contributed by atoms with van der Waals surface area (Å²) in [7, 11) is 1.67. The van der Waals surface area contributed by atoms with Crippen LogP contribution in [0.1, 0.15) is 69.0 Å². The van der Waals surface area contributed by atoms with E-state index in [1.54, 1.807) is 23.3 Å². The molecule has 186 valence electrons. The van der Waals surface area contributed by atoms with Crippen molar-refractivity contribution in [1.82, 2.24) is 9.80 Å². The molecule has 1 aliphatic rings. The lowest BCUT2D eigenvalue weighted by Crippen LogP contribution is -2.47. The summed E-state index contributed by atoms with van der Waals surface area (Å²) in [6.07, 6.45) is 3.03. The minimum absolute atomic E-state index is 0.0138. The van der Waals surface area contributed by atoms with Crippen molar-refractivity contribution < 1.29 is 14.3 Å². The summed E-state index contributed by atoms with van der Waals surface area (Å²) in [6.45, 7) is 10.6. The van der Waals surface area contributed by atoms with E-state index in [4.69, 9.17) is 4.74 Å². The van der Waals surface area contributed by atoms with Gasteiger partial charge in [-0.25, -0.2) is 0 Å². The molecule has 0 N–H and O–H groups in total. The molecule has 1 aromatic carbocycles. The number of carbonyl (C=O) groups excluding carboxylic acids is 2. The van der Waals surface area contributed by atoms with E-state index < -0.39 is 0 Å². The van der Waals surface area contributed by atoms with E-state index in [9.17, 15) is 9.59 Å². The zero-order valence-corrected chi connectivity index (χ0v) is 22.2. The third-order valence-corrected chi connectivity index (χ3v) is 7.34. The van der Waals surface area contributed by atoms with Gasteiger partial charge < -0.3 is 14.5 Å². The van der Waals surface area contributed by atoms with Crippen LogP contribution in [0.25, 0.3) is 0 Å². The fraction of sp³-hybridized carbons (Fsp3) is 0.571. The minimum Gasteiger partial charge on any atom is -0.385 e. The maximum atomic E-state index is 13.7. The Kier molecular flexibility index (Phi) is 9.31. The normalized spacial score (nSPS) is 16.7. The lowest BCUT2D eigenvalue weighted by atomic mass is 9.84. The van der Waals surface area contributed by atoms with Crippen LogP contribution in [0.4, 0.5) is 0 Å². The molecule has 2 atom stereocenters. The summed E-state index contributed by atoms with van der Waals surface area (Å²) in [4.78, 5) is 32.0. The minimum atomic E-state index is -0.0977. The van der Waals surface area contributed by atoms with Gasteiger partial charge in [0.25, 0.3) is 0 Å². The number of amides is 2. The summed E-state index contributed by atoms with van der Waals surface area (Å²) in [5, 5.41) is 2.12. The molecule has 0 fully saturated rings. The van der Waals surface area contributed by atoms with Crippen molar-refractivity contribution in [3.8, 4) is 0 Å². The molecule has 0 spiro atoms. The Bertz CT molecular complexity index is 935. The molecule has 0 radical (unpaired) electrons. The molecule has 1 aromatic heterocycles. The molecule has 6 heteroatoms. The summed E-state index contributed by atoms with van der Waals surface area (Å²) < 4.78 is 5.21. The van der Waals surface area contributed by atoms with Crippen molar-refractivity contribution in [2.75, 3.05) is 33.4 Å². The van der Waals surface area contributed by atoms with Gasteiger partial charge in [0, 0.05) is 38.1 Å². The maximum absolute atomic E-state index is 13.7. The van der Waals surface area contributed by atoms with E-state index in [1.165, 1.54) is 10.4 Å². The quantitative estimate of drug-likeness (QED) is 0.416. The number of nitrogens with zero attached hydrogens (tertiary/aromatic N) is 2. The highest BCUT2D eigenvalue weighted by Gasteiger charge is 2.34. The molecular formula is C28H40N2O3S. The van der Waals surface area contributed by atoms with E-state index in [0.29, 0.717) is 26.1 Å². The monoisotopic (exact) mass is 484 g/mol. The topological polar surface area (TPSA) is 49.9 Å². The van der Waals surface area contributed by atoms with Crippen LogP contribution < -0.4 is 0 Å². The number of rotatable bonds is 10. The number of thiophene rings is 1. The Labute approximate surface area is 209 Å². The van der Waals surface area contributed by atoms with Crippen molar-refractivity contribution in [2.24, 2.45) is 11.3 Å². The highest BCUT2D eigenvalue weighted by atomic mass is 32.1. The van der Waals surface area contributed by atoms with Crippen molar-refractivity contribution in [2.45, 2.75) is 59.4 Å². The number of hydrogen-bond acceptors (Lipinski definition) is 4. The number of fused-ring (bicyclic) bond motifs is 1.